The Labute approximate surface area is 185 Å². The minimum atomic E-state index is -1.07. The standard InChI is InChI=1S/C21H26N2O3.CH2O.CH4.ClH/c1-22(2)12-13-23-19-7-5-4-6-16(19)14-18(20(24)21(23)25)15-8-10-17(26-3)11-9-15;1-2;;/h4-11,18,20,24H,12-14H2,1-3H3;1H2;1H4;1H/t18-,20+;;;/m0.../s1. The van der Waals surface area contributed by atoms with Gasteiger partial charge in [-0.2, -0.15) is 0 Å². The molecule has 1 N–H and O–H groups in total. The summed E-state index contributed by atoms with van der Waals surface area (Å²) < 4.78 is 5.21. The highest BCUT2D eigenvalue weighted by molar-refractivity contribution is 5.98. The van der Waals surface area contributed by atoms with Gasteiger partial charge in [0, 0.05) is 24.7 Å². The van der Waals surface area contributed by atoms with Crippen LogP contribution >= 0.6 is 12.4 Å². The fourth-order valence-electron chi connectivity index (χ4n) is 3.43. The zero-order valence-electron chi connectivity index (χ0n) is 17.1. The van der Waals surface area contributed by atoms with E-state index in [1.54, 1.807) is 12.0 Å². The highest BCUT2D eigenvalue weighted by atomic mass is 35.5. The summed E-state index contributed by atoms with van der Waals surface area (Å²) in [5.41, 5.74) is 2.92. The molecule has 166 valence electrons. The molecule has 0 fully saturated rings. The molecule has 0 bridgehead atoms. The van der Waals surface area contributed by atoms with E-state index in [0.29, 0.717) is 13.0 Å². The predicted molar refractivity (Wildman–Crippen MR) is 124 cm³/mol. The van der Waals surface area contributed by atoms with Gasteiger partial charge in [0.1, 0.15) is 18.6 Å². The van der Waals surface area contributed by atoms with Crippen molar-refractivity contribution in [2.24, 2.45) is 0 Å². The largest absolute Gasteiger partial charge is 0.497 e. The van der Waals surface area contributed by atoms with Gasteiger partial charge in [0.2, 0.25) is 0 Å². The van der Waals surface area contributed by atoms with E-state index in [0.717, 1.165) is 29.1 Å². The molecule has 1 aliphatic heterocycles. The van der Waals surface area contributed by atoms with E-state index in [2.05, 4.69) is 0 Å². The van der Waals surface area contributed by atoms with Gasteiger partial charge in [0.25, 0.3) is 5.91 Å². The molecule has 30 heavy (non-hydrogen) atoms. The number of carbonyl (C=O) groups is 2. The first-order valence-corrected chi connectivity index (χ1v) is 9.16. The summed E-state index contributed by atoms with van der Waals surface area (Å²) in [6.45, 7) is 3.29. The van der Waals surface area contributed by atoms with Crippen molar-refractivity contribution >= 4 is 30.8 Å². The van der Waals surface area contributed by atoms with Gasteiger partial charge in [-0.1, -0.05) is 37.8 Å². The Morgan fingerprint density at radius 1 is 1.13 bits per heavy atom. The maximum Gasteiger partial charge on any atom is 0.256 e. The summed E-state index contributed by atoms with van der Waals surface area (Å²) >= 11 is 0. The number of benzene rings is 2. The summed E-state index contributed by atoms with van der Waals surface area (Å²) in [7, 11) is 5.58. The number of aliphatic hydroxyl groups excluding tert-OH is 1. The lowest BCUT2D eigenvalue weighted by molar-refractivity contribution is -0.127. The van der Waals surface area contributed by atoms with Crippen molar-refractivity contribution < 1.29 is 19.4 Å². The lowest BCUT2D eigenvalue weighted by Crippen LogP contribution is -2.43. The number of hydrogen-bond acceptors (Lipinski definition) is 5. The number of fused-ring (bicyclic) bond motifs is 1. The number of para-hydroxylation sites is 1. The summed E-state index contributed by atoms with van der Waals surface area (Å²) in [5.74, 6) is 0.243. The average molecular weight is 437 g/mol. The number of ether oxygens (including phenoxy) is 1. The molecule has 2 aromatic carbocycles. The first-order chi connectivity index (χ1) is 13.5. The molecule has 0 aromatic heterocycles. The number of carbonyl (C=O) groups excluding carboxylic acids is 2. The molecule has 7 heteroatoms. The number of aliphatic hydroxyl groups is 1. The van der Waals surface area contributed by atoms with Crippen LogP contribution < -0.4 is 9.64 Å². The molecular formula is C23H33ClN2O4. The molecule has 0 unspecified atom stereocenters. The quantitative estimate of drug-likeness (QED) is 0.779. The van der Waals surface area contributed by atoms with Crippen molar-refractivity contribution in [2.75, 3.05) is 39.2 Å². The minimum absolute atomic E-state index is 0. The molecule has 0 aliphatic carbocycles. The first-order valence-electron chi connectivity index (χ1n) is 9.16. The summed E-state index contributed by atoms with van der Waals surface area (Å²) in [6, 6.07) is 15.5. The summed E-state index contributed by atoms with van der Waals surface area (Å²) in [4.78, 5) is 24.8. The van der Waals surface area contributed by atoms with Crippen molar-refractivity contribution in [3.63, 3.8) is 0 Å². The van der Waals surface area contributed by atoms with Gasteiger partial charge >= 0.3 is 0 Å². The predicted octanol–water partition coefficient (Wildman–Crippen LogP) is 3.16. The number of hydrogen-bond donors (Lipinski definition) is 1. The van der Waals surface area contributed by atoms with Crippen LogP contribution in [0.4, 0.5) is 5.69 Å². The average Bonchev–Trinajstić information content (AvgIpc) is 2.83. The van der Waals surface area contributed by atoms with Gasteiger partial charge in [-0.15, -0.1) is 12.4 Å². The Hall–Kier alpha value is -2.41. The van der Waals surface area contributed by atoms with Crippen LogP contribution in [0.25, 0.3) is 0 Å². The van der Waals surface area contributed by atoms with E-state index in [4.69, 9.17) is 9.53 Å². The Bertz CT molecular complexity index is 783. The zero-order chi connectivity index (χ0) is 20.7. The summed E-state index contributed by atoms with van der Waals surface area (Å²) in [6.07, 6.45) is -0.452. The van der Waals surface area contributed by atoms with Crippen LogP contribution in [-0.2, 0) is 16.0 Å². The smallest absolute Gasteiger partial charge is 0.256 e. The molecule has 0 spiro atoms. The van der Waals surface area contributed by atoms with Crippen LogP contribution in [0.3, 0.4) is 0 Å². The van der Waals surface area contributed by atoms with E-state index < -0.39 is 6.10 Å². The van der Waals surface area contributed by atoms with Crippen molar-refractivity contribution in [3.8, 4) is 5.75 Å². The van der Waals surface area contributed by atoms with Gasteiger partial charge in [0.05, 0.1) is 7.11 Å². The lowest BCUT2D eigenvalue weighted by atomic mass is 9.88. The molecule has 1 heterocycles. The fourth-order valence-corrected chi connectivity index (χ4v) is 3.43. The number of halogens is 1. The van der Waals surface area contributed by atoms with E-state index in [1.165, 1.54) is 0 Å². The third kappa shape index (κ3) is 6.29. The van der Waals surface area contributed by atoms with Gasteiger partial charge in [-0.05, 0) is 49.8 Å². The van der Waals surface area contributed by atoms with Crippen LogP contribution in [0.5, 0.6) is 5.75 Å². The molecule has 2 atom stereocenters. The van der Waals surface area contributed by atoms with Crippen LogP contribution in [0, 0.1) is 0 Å². The maximum atomic E-state index is 13.1. The van der Waals surface area contributed by atoms with E-state index >= 15 is 0 Å². The molecule has 1 amide bonds. The number of methoxy groups -OCH3 is 1. The SMILES string of the molecule is C.C=O.COc1ccc([C@@H]2Cc3ccccc3N(CCN(C)C)C(=O)[C@@H]2O)cc1.Cl. The fraction of sp³-hybridized carbons (Fsp3) is 0.391. The second-order valence-corrected chi connectivity index (χ2v) is 6.95. The maximum absolute atomic E-state index is 13.1. The van der Waals surface area contributed by atoms with Crippen LogP contribution in [-0.4, -0.2) is 63.1 Å². The second-order valence-electron chi connectivity index (χ2n) is 6.95. The van der Waals surface area contributed by atoms with Gasteiger partial charge in [-0.3, -0.25) is 4.79 Å². The Kier molecular flexibility index (Phi) is 12.0. The highest BCUT2D eigenvalue weighted by Gasteiger charge is 2.36. The molecular weight excluding hydrogens is 404 g/mol. The Balaban J connectivity index is 0.00000204. The van der Waals surface area contributed by atoms with Gasteiger partial charge < -0.3 is 24.4 Å². The van der Waals surface area contributed by atoms with E-state index in [1.807, 2.05) is 74.3 Å². The monoisotopic (exact) mass is 436 g/mol. The first kappa shape index (κ1) is 27.6. The molecule has 0 radical (unpaired) electrons. The molecule has 1 aliphatic rings. The molecule has 2 aromatic rings. The topological polar surface area (TPSA) is 70.1 Å². The van der Waals surface area contributed by atoms with Crippen LogP contribution in [0.1, 0.15) is 24.5 Å². The number of anilines is 1. The molecule has 0 saturated heterocycles. The Morgan fingerprint density at radius 3 is 2.30 bits per heavy atom. The number of amides is 1. The minimum Gasteiger partial charge on any atom is -0.497 e. The van der Waals surface area contributed by atoms with Crippen molar-refractivity contribution in [3.05, 3.63) is 59.7 Å². The normalized spacial score (nSPS) is 17.5. The summed E-state index contributed by atoms with van der Waals surface area (Å²) in [5, 5.41) is 10.9. The highest BCUT2D eigenvalue weighted by Crippen LogP contribution is 2.35. The van der Waals surface area contributed by atoms with Crippen molar-refractivity contribution in [1.29, 1.82) is 0 Å². The second kappa shape index (κ2) is 13.0. The van der Waals surface area contributed by atoms with Gasteiger partial charge in [0.15, 0.2) is 0 Å². The molecule has 0 saturated carbocycles. The lowest BCUT2D eigenvalue weighted by Gasteiger charge is -2.26. The molecule has 3 rings (SSSR count). The number of likely N-dealkylation sites (N-methyl/N-ethyl adjacent to an activating group) is 1. The Morgan fingerprint density at radius 2 is 1.73 bits per heavy atom. The number of rotatable bonds is 5. The van der Waals surface area contributed by atoms with Crippen molar-refractivity contribution in [2.45, 2.75) is 25.9 Å². The van der Waals surface area contributed by atoms with E-state index in [-0.39, 0.29) is 31.7 Å². The van der Waals surface area contributed by atoms with Crippen LogP contribution in [0.2, 0.25) is 0 Å². The molecule has 6 nitrogen and oxygen atoms in total. The third-order valence-electron chi connectivity index (χ3n) is 4.94. The van der Waals surface area contributed by atoms with Crippen LogP contribution in [0.15, 0.2) is 48.5 Å². The van der Waals surface area contributed by atoms with Crippen molar-refractivity contribution in [1.82, 2.24) is 4.90 Å². The zero-order valence-corrected chi connectivity index (χ0v) is 17.9. The number of nitrogens with zero attached hydrogens (tertiary/aromatic N) is 2. The third-order valence-corrected chi connectivity index (χ3v) is 4.94. The van der Waals surface area contributed by atoms with E-state index in [9.17, 15) is 9.90 Å². The van der Waals surface area contributed by atoms with Gasteiger partial charge in [-0.25, -0.2) is 0 Å².